The Labute approximate surface area is 148 Å². The Bertz CT molecular complexity index is 814. The second kappa shape index (κ2) is 7.00. The predicted octanol–water partition coefficient (Wildman–Crippen LogP) is 3.08. The van der Waals surface area contributed by atoms with Crippen molar-refractivity contribution in [2.75, 3.05) is 13.2 Å². The number of rotatable bonds is 4. The predicted molar refractivity (Wildman–Crippen MR) is 98.4 cm³/mol. The van der Waals surface area contributed by atoms with Gasteiger partial charge in [-0.3, -0.25) is 9.59 Å². The molecule has 1 aromatic carbocycles. The lowest BCUT2D eigenvalue weighted by molar-refractivity contribution is -0.141. The number of aromatic amines is 1. The number of nitrogens with one attached hydrogen (secondary N) is 1. The smallest absolute Gasteiger partial charge is 0.253 e. The van der Waals surface area contributed by atoms with Crippen LogP contribution < -0.4 is 5.56 Å². The van der Waals surface area contributed by atoms with Gasteiger partial charge in [0.2, 0.25) is 5.91 Å². The van der Waals surface area contributed by atoms with Crippen molar-refractivity contribution >= 4 is 16.8 Å². The number of H-pyrrole nitrogens is 1. The van der Waals surface area contributed by atoms with Crippen LogP contribution >= 0.6 is 0 Å². The maximum absolute atomic E-state index is 12.9. The van der Waals surface area contributed by atoms with Crippen LogP contribution in [0, 0.1) is 5.41 Å². The van der Waals surface area contributed by atoms with Gasteiger partial charge in [0, 0.05) is 29.6 Å². The maximum atomic E-state index is 12.9. The molecule has 1 atom stereocenters. The van der Waals surface area contributed by atoms with E-state index in [9.17, 15) is 9.59 Å². The first-order valence-corrected chi connectivity index (χ1v) is 8.86. The van der Waals surface area contributed by atoms with Gasteiger partial charge in [0.1, 0.15) is 0 Å². The molecular formula is C20H26N2O3. The summed E-state index contributed by atoms with van der Waals surface area (Å²) in [5.74, 6) is 0.0376. The fourth-order valence-corrected chi connectivity index (χ4v) is 3.24. The number of carbonyl (C=O) groups excluding carboxylic acids is 1. The Morgan fingerprint density at radius 2 is 2.08 bits per heavy atom. The van der Waals surface area contributed by atoms with Crippen molar-refractivity contribution in [2.45, 2.75) is 46.3 Å². The van der Waals surface area contributed by atoms with Crippen LogP contribution in [0.3, 0.4) is 0 Å². The molecule has 0 radical (unpaired) electrons. The highest BCUT2D eigenvalue weighted by Gasteiger charge is 2.30. The number of amides is 1. The van der Waals surface area contributed by atoms with Crippen LogP contribution in [0.5, 0.6) is 0 Å². The summed E-state index contributed by atoms with van der Waals surface area (Å²) < 4.78 is 5.70. The number of aromatic nitrogens is 1. The normalized spacial score (nSPS) is 17.8. The van der Waals surface area contributed by atoms with E-state index in [-0.39, 0.29) is 17.6 Å². The molecule has 1 fully saturated rings. The molecule has 5 nitrogen and oxygen atoms in total. The molecule has 1 aliphatic rings. The van der Waals surface area contributed by atoms with E-state index in [0.717, 1.165) is 30.4 Å². The van der Waals surface area contributed by atoms with E-state index in [1.807, 2.05) is 51.1 Å². The Kier molecular flexibility index (Phi) is 4.95. The van der Waals surface area contributed by atoms with Crippen LogP contribution in [0.4, 0.5) is 0 Å². The topological polar surface area (TPSA) is 62.4 Å². The molecule has 1 aromatic heterocycles. The van der Waals surface area contributed by atoms with Crippen molar-refractivity contribution in [2.24, 2.45) is 5.41 Å². The van der Waals surface area contributed by atoms with E-state index in [0.29, 0.717) is 18.7 Å². The molecule has 1 aliphatic heterocycles. The zero-order valence-electron chi connectivity index (χ0n) is 15.2. The van der Waals surface area contributed by atoms with E-state index in [1.54, 1.807) is 4.90 Å². The zero-order chi connectivity index (χ0) is 18.0. The first-order chi connectivity index (χ1) is 11.8. The molecule has 2 heterocycles. The van der Waals surface area contributed by atoms with E-state index in [4.69, 9.17) is 4.74 Å². The SMILES string of the molecule is CC(C)(C)C(=O)N(Cc1cc2ccccc2[nH]c1=O)CC1CCCO1. The lowest BCUT2D eigenvalue weighted by atomic mass is 9.94. The van der Waals surface area contributed by atoms with E-state index in [1.165, 1.54) is 0 Å². The van der Waals surface area contributed by atoms with Crippen molar-refractivity contribution in [3.63, 3.8) is 0 Å². The van der Waals surface area contributed by atoms with E-state index < -0.39 is 5.41 Å². The number of hydrogen-bond donors (Lipinski definition) is 1. The molecule has 134 valence electrons. The van der Waals surface area contributed by atoms with Crippen molar-refractivity contribution in [1.29, 1.82) is 0 Å². The van der Waals surface area contributed by atoms with Gasteiger partial charge in [-0.05, 0) is 30.4 Å². The molecule has 1 unspecified atom stereocenters. The molecule has 1 N–H and O–H groups in total. The Morgan fingerprint density at radius 3 is 2.76 bits per heavy atom. The molecule has 0 bridgehead atoms. The monoisotopic (exact) mass is 342 g/mol. The van der Waals surface area contributed by atoms with Gasteiger partial charge < -0.3 is 14.6 Å². The van der Waals surface area contributed by atoms with Gasteiger partial charge in [-0.15, -0.1) is 0 Å². The lowest BCUT2D eigenvalue weighted by Crippen LogP contribution is -2.43. The summed E-state index contributed by atoms with van der Waals surface area (Å²) in [7, 11) is 0. The van der Waals surface area contributed by atoms with Gasteiger partial charge in [-0.25, -0.2) is 0 Å². The first-order valence-electron chi connectivity index (χ1n) is 8.86. The number of fused-ring (bicyclic) bond motifs is 1. The van der Waals surface area contributed by atoms with Crippen LogP contribution in [-0.4, -0.2) is 35.0 Å². The van der Waals surface area contributed by atoms with Gasteiger partial charge in [-0.1, -0.05) is 39.0 Å². The Hall–Kier alpha value is -2.14. The quantitative estimate of drug-likeness (QED) is 0.929. The molecule has 3 rings (SSSR count). The highest BCUT2D eigenvalue weighted by atomic mass is 16.5. The minimum Gasteiger partial charge on any atom is -0.376 e. The summed E-state index contributed by atoms with van der Waals surface area (Å²) in [5.41, 5.74) is 0.776. The summed E-state index contributed by atoms with van der Waals surface area (Å²) in [5, 5.41) is 0.970. The molecule has 1 amide bonds. The summed E-state index contributed by atoms with van der Waals surface area (Å²) in [6.07, 6.45) is 2.05. The summed E-state index contributed by atoms with van der Waals surface area (Å²) >= 11 is 0. The average Bonchev–Trinajstić information content (AvgIpc) is 3.06. The van der Waals surface area contributed by atoms with Crippen LogP contribution in [0.2, 0.25) is 0 Å². The molecule has 0 spiro atoms. The molecule has 5 heteroatoms. The highest BCUT2D eigenvalue weighted by molar-refractivity contribution is 5.82. The van der Waals surface area contributed by atoms with Crippen LogP contribution in [-0.2, 0) is 16.1 Å². The number of pyridine rings is 1. The van der Waals surface area contributed by atoms with Crippen molar-refractivity contribution in [3.05, 3.63) is 46.2 Å². The minimum atomic E-state index is -0.498. The third-order valence-corrected chi connectivity index (χ3v) is 4.57. The molecule has 25 heavy (non-hydrogen) atoms. The van der Waals surface area contributed by atoms with Gasteiger partial charge in [-0.2, -0.15) is 0 Å². The van der Waals surface area contributed by atoms with Gasteiger partial charge in [0.25, 0.3) is 5.56 Å². The van der Waals surface area contributed by atoms with Crippen molar-refractivity contribution < 1.29 is 9.53 Å². The average molecular weight is 342 g/mol. The van der Waals surface area contributed by atoms with E-state index in [2.05, 4.69) is 4.98 Å². The molecular weight excluding hydrogens is 316 g/mol. The summed E-state index contributed by atoms with van der Waals surface area (Å²) in [6.45, 7) is 7.30. The van der Waals surface area contributed by atoms with Gasteiger partial charge >= 0.3 is 0 Å². The zero-order valence-corrected chi connectivity index (χ0v) is 15.2. The molecule has 1 saturated heterocycles. The molecule has 2 aromatic rings. The number of para-hydroxylation sites is 1. The molecule has 0 saturated carbocycles. The van der Waals surface area contributed by atoms with Gasteiger partial charge in [0.15, 0.2) is 0 Å². The Balaban J connectivity index is 1.89. The van der Waals surface area contributed by atoms with Crippen LogP contribution in [0.15, 0.2) is 35.1 Å². The van der Waals surface area contributed by atoms with Gasteiger partial charge in [0.05, 0.1) is 12.6 Å². The second-order valence-electron chi connectivity index (χ2n) is 7.78. The Morgan fingerprint density at radius 1 is 1.32 bits per heavy atom. The third kappa shape index (κ3) is 4.10. The lowest BCUT2D eigenvalue weighted by Gasteiger charge is -2.31. The fourth-order valence-electron chi connectivity index (χ4n) is 3.24. The van der Waals surface area contributed by atoms with E-state index >= 15 is 0 Å². The first kappa shape index (κ1) is 17.7. The number of ether oxygens (including phenoxy) is 1. The van der Waals surface area contributed by atoms with Crippen LogP contribution in [0.25, 0.3) is 10.9 Å². The minimum absolute atomic E-state index is 0.0376. The number of nitrogens with zero attached hydrogens (tertiary/aromatic N) is 1. The largest absolute Gasteiger partial charge is 0.376 e. The maximum Gasteiger partial charge on any atom is 0.253 e. The standard InChI is InChI=1S/C20H26N2O3/c1-20(2,3)19(24)22(13-16-8-6-10-25-16)12-15-11-14-7-4-5-9-17(14)21-18(15)23/h4-5,7,9,11,16H,6,8,10,12-13H2,1-3H3,(H,21,23). The van der Waals surface area contributed by atoms with Crippen molar-refractivity contribution in [1.82, 2.24) is 9.88 Å². The highest BCUT2D eigenvalue weighted by Crippen LogP contribution is 2.22. The second-order valence-corrected chi connectivity index (χ2v) is 7.78. The molecule has 0 aliphatic carbocycles. The number of hydrogen-bond acceptors (Lipinski definition) is 3. The number of benzene rings is 1. The summed E-state index contributed by atoms with van der Waals surface area (Å²) in [4.78, 5) is 30.0. The summed E-state index contributed by atoms with van der Waals surface area (Å²) in [6, 6.07) is 9.56. The fraction of sp³-hybridized carbons (Fsp3) is 0.500. The van der Waals surface area contributed by atoms with Crippen molar-refractivity contribution in [3.8, 4) is 0 Å². The van der Waals surface area contributed by atoms with Crippen LogP contribution in [0.1, 0.15) is 39.2 Å². The third-order valence-electron chi connectivity index (χ3n) is 4.57. The number of carbonyl (C=O) groups is 1.